The van der Waals surface area contributed by atoms with Gasteiger partial charge in [-0.2, -0.15) is 13.2 Å². The Morgan fingerprint density at radius 3 is 2.22 bits per heavy atom. The summed E-state index contributed by atoms with van der Waals surface area (Å²) in [6, 6.07) is 7.39. The number of hydrogen-bond donors (Lipinski definition) is 1. The van der Waals surface area contributed by atoms with Crippen LogP contribution in [0, 0.1) is 6.92 Å². The van der Waals surface area contributed by atoms with Crippen LogP contribution in [0.3, 0.4) is 0 Å². The lowest BCUT2D eigenvalue weighted by Gasteiger charge is -2.17. The van der Waals surface area contributed by atoms with Gasteiger partial charge >= 0.3 is 6.18 Å². The standard InChI is InChI=1S/C23H23Cl2F3N4O3S/c1-11(2)14-6-7-16(12(3)4)18(9-14)36(34,35)30-22(33)19-21(23(26,27)28)32(31-29-19)20-13(5)8-15(24)10-17(20)25/h6-12H,1-5H3,(H,30,33). The lowest BCUT2D eigenvalue weighted by Crippen LogP contribution is -2.33. The highest BCUT2D eigenvalue weighted by atomic mass is 35.5. The molecule has 0 fully saturated rings. The number of carbonyl (C=O) groups excluding carboxylic acids is 1. The van der Waals surface area contributed by atoms with Gasteiger partial charge in [-0.05, 0) is 53.6 Å². The highest BCUT2D eigenvalue weighted by molar-refractivity contribution is 7.90. The number of rotatable bonds is 6. The van der Waals surface area contributed by atoms with Crippen LogP contribution in [0.2, 0.25) is 10.0 Å². The minimum absolute atomic E-state index is 0.0278. The molecular formula is C23H23Cl2F3N4O3S. The van der Waals surface area contributed by atoms with Gasteiger partial charge in [-0.3, -0.25) is 4.79 Å². The van der Waals surface area contributed by atoms with Crippen molar-refractivity contribution in [1.29, 1.82) is 0 Å². The number of benzene rings is 2. The molecule has 3 aromatic rings. The summed E-state index contributed by atoms with van der Waals surface area (Å²) in [5, 5.41) is 6.86. The van der Waals surface area contributed by atoms with Crippen LogP contribution in [0.15, 0.2) is 35.2 Å². The first-order chi connectivity index (χ1) is 16.5. The van der Waals surface area contributed by atoms with Gasteiger partial charge in [0.1, 0.15) is 0 Å². The average Bonchev–Trinajstić information content (AvgIpc) is 3.17. The molecule has 0 radical (unpaired) electrons. The Bertz CT molecular complexity index is 1410. The number of aryl methyl sites for hydroxylation is 1. The van der Waals surface area contributed by atoms with Crippen LogP contribution in [0.1, 0.15) is 72.4 Å². The Kier molecular flexibility index (Phi) is 7.78. The van der Waals surface area contributed by atoms with Crippen molar-refractivity contribution < 1.29 is 26.4 Å². The van der Waals surface area contributed by atoms with Gasteiger partial charge in [-0.1, -0.05) is 68.2 Å². The molecule has 194 valence electrons. The van der Waals surface area contributed by atoms with Gasteiger partial charge in [0.15, 0.2) is 11.4 Å². The molecule has 1 heterocycles. The van der Waals surface area contributed by atoms with Crippen molar-refractivity contribution in [2.24, 2.45) is 0 Å². The van der Waals surface area contributed by atoms with Crippen LogP contribution >= 0.6 is 23.2 Å². The summed E-state index contributed by atoms with van der Waals surface area (Å²) in [6.45, 7) is 8.69. The van der Waals surface area contributed by atoms with E-state index >= 15 is 0 Å². The average molecular weight is 563 g/mol. The first-order valence-electron chi connectivity index (χ1n) is 10.7. The Morgan fingerprint density at radius 2 is 1.69 bits per heavy atom. The lowest BCUT2D eigenvalue weighted by atomic mass is 9.97. The molecule has 3 rings (SSSR count). The van der Waals surface area contributed by atoms with Crippen molar-refractivity contribution >= 4 is 39.1 Å². The molecule has 0 spiro atoms. The summed E-state index contributed by atoms with van der Waals surface area (Å²) in [6.07, 6.45) is -5.13. The Labute approximate surface area is 216 Å². The van der Waals surface area contributed by atoms with E-state index in [0.29, 0.717) is 15.8 Å². The highest BCUT2D eigenvalue weighted by Gasteiger charge is 2.43. The number of hydrogen-bond acceptors (Lipinski definition) is 5. The normalized spacial score (nSPS) is 12.4. The van der Waals surface area contributed by atoms with E-state index in [-0.39, 0.29) is 38.0 Å². The molecule has 36 heavy (non-hydrogen) atoms. The second-order valence-electron chi connectivity index (χ2n) is 8.79. The molecule has 1 aromatic heterocycles. The third-order valence-corrected chi connectivity index (χ3v) is 7.32. The van der Waals surface area contributed by atoms with Crippen LogP contribution in [0.25, 0.3) is 5.69 Å². The SMILES string of the molecule is Cc1cc(Cl)cc(Cl)c1-n1nnc(C(=O)NS(=O)(=O)c2cc(C(C)C)ccc2C(C)C)c1C(F)(F)F. The van der Waals surface area contributed by atoms with Gasteiger partial charge in [0.05, 0.1) is 15.6 Å². The third-order valence-electron chi connectivity index (χ3n) is 5.43. The third kappa shape index (κ3) is 5.52. The zero-order chi connectivity index (χ0) is 27.2. The van der Waals surface area contributed by atoms with E-state index in [1.807, 2.05) is 13.8 Å². The number of carbonyl (C=O) groups is 1. The van der Waals surface area contributed by atoms with Gasteiger partial charge in [-0.15, -0.1) is 5.10 Å². The number of nitrogens with one attached hydrogen (secondary N) is 1. The van der Waals surface area contributed by atoms with Crippen LogP contribution in [-0.2, 0) is 16.2 Å². The summed E-state index contributed by atoms with van der Waals surface area (Å²) in [7, 11) is -4.57. The Balaban J connectivity index is 2.13. The van der Waals surface area contributed by atoms with Crippen molar-refractivity contribution in [2.75, 3.05) is 0 Å². The zero-order valence-corrected chi connectivity index (χ0v) is 22.2. The minimum Gasteiger partial charge on any atom is -0.266 e. The summed E-state index contributed by atoms with van der Waals surface area (Å²) >= 11 is 12.0. The van der Waals surface area contributed by atoms with Gasteiger partial charge in [-0.25, -0.2) is 17.8 Å². The second kappa shape index (κ2) is 10.0. The minimum atomic E-state index is -5.13. The predicted molar refractivity (Wildman–Crippen MR) is 130 cm³/mol. The van der Waals surface area contributed by atoms with E-state index in [2.05, 4.69) is 10.3 Å². The largest absolute Gasteiger partial charge is 0.435 e. The molecule has 0 atom stereocenters. The van der Waals surface area contributed by atoms with Gasteiger partial charge in [0.2, 0.25) is 0 Å². The van der Waals surface area contributed by atoms with Gasteiger partial charge < -0.3 is 0 Å². The van der Waals surface area contributed by atoms with Crippen molar-refractivity contribution in [3.63, 3.8) is 0 Å². The van der Waals surface area contributed by atoms with Crippen molar-refractivity contribution in [3.05, 3.63) is 68.5 Å². The molecule has 0 aliphatic carbocycles. The summed E-state index contributed by atoms with van der Waals surface area (Å²) < 4.78 is 70.8. The zero-order valence-electron chi connectivity index (χ0n) is 19.9. The maximum atomic E-state index is 14.1. The fourth-order valence-electron chi connectivity index (χ4n) is 3.65. The molecule has 2 aromatic carbocycles. The maximum absolute atomic E-state index is 14.1. The van der Waals surface area contributed by atoms with Crippen LogP contribution in [0.5, 0.6) is 0 Å². The van der Waals surface area contributed by atoms with Crippen molar-refractivity contribution in [3.8, 4) is 5.69 Å². The molecule has 1 N–H and O–H groups in total. The quantitative estimate of drug-likeness (QED) is 0.382. The molecule has 0 saturated carbocycles. The summed E-state index contributed by atoms with van der Waals surface area (Å²) in [5.74, 6) is -1.85. The number of sulfonamides is 1. The van der Waals surface area contributed by atoms with Crippen LogP contribution in [-0.4, -0.2) is 29.3 Å². The fraction of sp³-hybridized carbons (Fsp3) is 0.348. The Hall–Kier alpha value is -2.63. The first kappa shape index (κ1) is 27.9. The number of aromatic nitrogens is 3. The first-order valence-corrected chi connectivity index (χ1v) is 13.0. The summed E-state index contributed by atoms with van der Waals surface area (Å²) in [5.41, 5.74) is -1.68. The molecule has 0 unspecified atom stereocenters. The molecule has 13 heteroatoms. The highest BCUT2D eigenvalue weighted by Crippen LogP contribution is 2.36. The molecule has 7 nitrogen and oxygen atoms in total. The molecular weight excluding hydrogens is 540 g/mol. The predicted octanol–water partition coefficient (Wildman–Crippen LogP) is 6.27. The van der Waals surface area contributed by atoms with Crippen LogP contribution < -0.4 is 4.72 Å². The summed E-state index contributed by atoms with van der Waals surface area (Å²) in [4.78, 5) is 12.7. The maximum Gasteiger partial charge on any atom is 0.435 e. The van der Waals surface area contributed by atoms with E-state index in [1.165, 1.54) is 25.1 Å². The van der Waals surface area contributed by atoms with E-state index in [1.54, 1.807) is 30.7 Å². The number of alkyl halides is 3. The van der Waals surface area contributed by atoms with E-state index in [4.69, 9.17) is 23.2 Å². The number of halogens is 5. The lowest BCUT2D eigenvalue weighted by molar-refractivity contribution is -0.143. The molecule has 0 aliphatic heterocycles. The smallest absolute Gasteiger partial charge is 0.266 e. The van der Waals surface area contributed by atoms with E-state index in [0.717, 1.165) is 0 Å². The van der Waals surface area contributed by atoms with E-state index < -0.39 is 33.5 Å². The van der Waals surface area contributed by atoms with Crippen molar-refractivity contribution in [1.82, 2.24) is 19.7 Å². The van der Waals surface area contributed by atoms with Crippen molar-refractivity contribution in [2.45, 2.75) is 57.5 Å². The fourth-order valence-corrected chi connectivity index (χ4v) is 5.68. The van der Waals surface area contributed by atoms with Crippen LogP contribution in [0.4, 0.5) is 13.2 Å². The van der Waals surface area contributed by atoms with E-state index in [9.17, 15) is 26.4 Å². The molecule has 0 bridgehead atoms. The second-order valence-corrected chi connectivity index (χ2v) is 11.3. The van der Waals surface area contributed by atoms with Gasteiger partial charge in [0.25, 0.3) is 15.9 Å². The monoisotopic (exact) mass is 562 g/mol. The van der Waals surface area contributed by atoms with Gasteiger partial charge in [0, 0.05) is 5.02 Å². The molecule has 1 amide bonds. The molecule has 0 aliphatic rings. The number of nitrogens with zero attached hydrogens (tertiary/aromatic N) is 3. The molecule has 0 saturated heterocycles. The topological polar surface area (TPSA) is 93.9 Å². The number of amides is 1. The Morgan fingerprint density at radius 1 is 1.06 bits per heavy atom.